The Morgan fingerprint density at radius 3 is 2.61 bits per heavy atom. The topological polar surface area (TPSA) is 24.9 Å². The van der Waals surface area contributed by atoms with Crippen molar-refractivity contribution in [3.05, 3.63) is 58.6 Å². The summed E-state index contributed by atoms with van der Waals surface area (Å²) >= 11 is 5.12. The normalized spacial score (nSPS) is 10.7. The van der Waals surface area contributed by atoms with Gasteiger partial charge in [0.2, 0.25) is 0 Å². The molecule has 0 saturated heterocycles. The van der Waals surface area contributed by atoms with E-state index in [0.717, 1.165) is 21.7 Å². The lowest BCUT2D eigenvalue weighted by atomic mass is 10.2. The molecule has 2 nitrogen and oxygen atoms in total. The van der Waals surface area contributed by atoms with Gasteiger partial charge < -0.3 is 5.32 Å². The highest BCUT2D eigenvalue weighted by Crippen LogP contribution is 2.25. The third-order valence-electron chi connectivity index (χ3n) is 2.65. The van der Waals surface area contributed by atoms with Crippen LogP contribution in [0.5, 0.6) is 0 Å². The molecule has 0 aliphatic carbocycles. The molecule has 3 rings (SSSR count). The maximum Gasteiger partial charge on any atom is 0.184 e. The molecule has 0 radical (unpaired) electrons. The van der Waals surface area contributed by atoms with Gasteiger partial charge in [0.1, 0.15) is 0 Å². The van der Waals surface area contributed by atoms with E-state index in [1.165, 1.54) is 10.3 Å². The summed E-state index contributed by atoms with van der Waals surface area (Å²) < 4.78 is 2.32. The van der Waals surface area contributed by atoms with Crippen molar-refractivity contribution in [1.82, 2.24) is 4.98 Å². The van der Waals surface area contributed by atoms with Crippen molar-refractivity contribution < 1.29 is 0 Å². The summed E-state index contributed by atoms with van der Waals surface area (Å²) in [5.41, 5.74) is 2.30. The van der Waals surface area contributed by atoms with E-state index < -0.39 is 0 Å². The predicted molar refractivity (Wildman–Crippen MR) is 81.1 cm³/mol. The predicted octanol–water partition coefficient (Wildman–Crippen LogP) is 4.67. The van der Waals surface area contributed by atoms with E-state index in [9.17, 15) is 0 Å². The summed E-state index contributed by atoms with van der Waals surface area (Å²) in [6, 6.07) is 16.5. The van der Waals surface area contributed by atoms with Gasteiger partial charge >= 0.3 is 0 Å². The molecule has 0 fully saturated rings. The van der Waals surface area contributed by atoms with Gasteiger partial charge in [-0.3, -0.25) is 0 Å². The van der Waals surface area contributed by atoms with Crippen LogP contribution in [0.1, 0.15) is 5.56 Å². The third kappa shape index (κ3) is 2.54. The summed E-state index contributed by atoms with van der Waals surface area (Å²) in [6.07, 6.45) is 0. The number of thiazole rings is 1. The fraction of sp³-hybridized carbons (Fsp3) is 0.0714. The van der Waals surface area contributed by atoms with E-state index in [1.54, 1.807) is 11.3 Å². The largest absolute Gasteiger partial charge is 0.357 e. The number of anilines is 1. The second kappa shape index (κ2) is 5.08. The Labute approximate surface area is 118 Å². The number of aromatic nitrogens is 1. The molecule has 1 N–H and O–H groups in total. The van der Waals surface area contributed by atoms with Crippen molar-refractivity contribution in [2.45, 2.75) is 6.54 Å². The van der Waals surface area contributed by atoms with Crippen LogP contribution in [0.25, 0.3) is 10.2 Å². The first-order valence-corrected chi connectivity index (χ1v) is 7.26. The lowest BCUT2D eigenvalue weighted by Crippen LogP contribution is -1.98. The molecule has 0 aliphatic heterocycles. The molecule has 90 valence electrons. The monoisotopic (exact) mass is 318 g/mol. The Kier molecular flexibility index (Phi) is 3.30. The quantitative estimate of drug-likeness (QED) is 0.759. The summed E-state index contributed by atoms with van der Waals surface area (Å²) in [6.45, 7) is 0.799. The Morgan fingerprint density at radius 2 is 1.83 bits per heavy atom. The first-order valence-electron chi connectivity index (χ1n) is 5.65. The molecule has 0 unspecified atom stereocenters. The lowest BCUT2D eigenvalue weighted by Gasteiger charge is -2.02. The number of hydrogen-bond donors (Lipinski definition) is 1. The first-order chi connectivity index (χ1) is 8.81. The van der Waals surface area contributed by atoms with Gasteiger partial charge in [-0.2, -0.15) is 0 Å². The summed E-state index contributed by atoms with van der Waals surface area (Å²) in [4.78, 5) is 4.54. The van der Waals surface area contributed by atoms with Crippen LogP contribution in [0, 0.1) is 0 Å². The van der Waals surface area contributed by atoms with Crippen LogP contribution in [0.4, 0.5) is 5.13 Å². The minimum Gasteiger partial charge on any atom is -0.357 e. The maximum absolute atomic E-state index is 4.54. The Morgan fingerprint density at radius 1 is 1.06 bits per heavy atom. The standard InChI is InChI=1S/C14H11BrN2S/c15-11-7-5-10(6-8-11)9-16-14-17-12-3-1-2-4-13(12)18-14/h1-8H,9H2,(H,16,17). The molecule has 0 aliphatic rings. The van der Waals surface area contributed by atoms with Crippen molar-refractivity contribution in [3.63, 3.8) is 0 Å². The highest BCUT2D eigenvalue weighted by Gasteiger charge is 2.02. The van der Waals surface area contributed by atoms with Gasteiger partial charge in [0.05, 0.1) is 10.2 Å². The molecule has 0 bridgehead atoms. The van der Waals surface area contributed by atoms with Crippen LogP contribution in [0.15, 0.2) is 53.0 Å². The van der Waals surface area contributed by atoms with E-state index in [-0.39, 0.29) is 0 Å². The van der Waals surface area contributed by atoms with Crippen molar-refractivity contribution >= 4 is 42.6 Å². The van der Waals surface area contributed by atoms with E-state index in [1.807, 2.05) is 18.2 Å². The Balaban J connectivity index is 1.74. The molecule has 0 spiro atoms. The second-order valence-electron chi connectivity index (χ2n) is 3.97. The van der Waals surface area contributed by atoms with Crippen molar-refractivity contribution in [2.75, 3.05) is 5.32 Å². The first kappa shape index (κ1) is 11.7. The van der Waals surface area contributed by atoms with Crippen LogP contribution >= 0.6 is 27.3 Å². The van der Waals surface area contributed by atoms with Crippen LogP contribution < -0.4 is 5.32 Å². The molecule has 0 saturated carbocycles. The highest BCUT2D eigenvalue weighted by molar-refractivity contribution is 9.10. The smallest absolute Gasteiger partial charge is 0.184 e. The van der Waals surface area contributed by atoms with Crippen LogP contribution in [-0.2, 0) is 6.54 Å². The number of para-hydroxylation sites is 1. The van der Waals surface area contributed by atoms with E-state index in [4.69, 9.17) is 0 Å². The zero-order valence-electron chi connectivity index (χ0n) is 9.56. The fourth-order valence-corrected chi connectivity index (χ4v) is 2.85. The number of nitrogens with one attached hydrogen (secondary N) is 1. The molecule has 2 aromatic carbocycles. The van der Waals surface area contributed by atoms with E-state index in [0.29, 0.717) is 0 Å². The zero-order valence-corrected chi connectivity index (χ0v) is 12.0. The summed E-state index contributed by atoms with van der Waals surface area (Å²) in [7, 11) is 0. The average molecular weight is 319 g/mol. The number of fused-ring (bicyclic) bond motifs is 1. The van der Waals surface area contributed by atoms with Crippen LogP contribution in [0.3, 0.4) is 0 Å². The molecule has 1 heterocycles. The van der Waals surface area contributed by atoms with Gasteiger partial charge in [-0.1, -0.05) is 51.5 Å². The summed E-state index contributed by atoms with van der Waals surface area (Å²) in [5.74, 6) is 0. The third-order valence-corrected chi connectivity index (χ3v) is 4.17. The number of nitrogens with zero attached hydrogens (tertiary/aromatic N) is 1. The Hall–Kier alpha value is -1.39. The fourth-order valence-electron chi connectivity index (χ4n) is 1.73. The lowest BCUT2D eigenvalue weighted by molar-refractivity contribution is 1.14. The van der Waals surface area contributed by atoms with Crippen molar-refractivity contribution in [3.8, 4) is 0 Å². The Bertz CT molecular complexity index is 628. The molecule has 1 aromatic heterocycles. The minimum absolute atomic E-state index is 0.799. The molecule has 0 amide bonds. The van der Waals surface area contributed by atoms with Gasteiger partial charge in [0, 0.05) is 11.0 Å². The zero-order chi connectivity index (χ0) is 12.4. The minimum atomic E-state index is 0.799. The van der Waals surface area contributed by atoms with Crippen molar-refractivity contribution in [2.24, 2.45) is 0 Å². The number of halogens is 1. The SMILES string of the molecule is Brc1ccc(CNc2nc3ccccc3s2)cc1. The van der Waals surface area contributed by atoms with Gasteiger partial charge in [-0.15, -0.1) is 0 Å². The number of rotatable bonds is 3. The van der Waals surface area contributed by atoms with Crippen molar-refractivity contribution in [1.29, 1.82) is 0 Å². The average Bonchev–Trinajstić information content (AvgIpc) is 2.81. The highest BCUT2D eigenvalue weighted by atomic mass is 79.9. The molecular weight excluding hydrogens is 308 g/mol. The number of hydrogen-bond acceptors (Lipinski definition) is 3. The molecule has 4 heteroatoms. The van der Waals surface area contributed by atoms with Gasteiger partial charge in [-0.25, -0.2) is 4.98 Å². The number of benzene rings is 2. The van der Waals surface area contributed by atoms with E-state index in [2.05, 4.69) is 56.6 Å². The maximum atomic E-state index is 4.54. The van der Waals surface area contributed by atoms with Gasteiger partial charge in [-0.05, 0) is 29.8 Å². The summed E-state index contributed by atoms with van der Waals surface area (Å²) in [5, 5.41) is 4.33. The molecular formula is C14H11BrN2S. The molecule has 0 atom stereocenters. The van der Waals surface area contributed by atoms with E-state index >= 15 is 0 Å². The van der Waals surface area contributed by atoms with Crippen LogP contribution in [-0.4, -0.2) is 4.98 Å². The van der Waals surface area contributed by atoms with Gasteiger partial charge in [0.25, 0.3) is 0 Å². The van der Waals surface area contributed by atoms with Crippen LogP contribution in [0.2, 0.25) is 0 Å². The molecule has 18 heavy (non-hydrogen) atoms. The molecule has 3 aromatic rings. The van der Waals surface area contributed by atoms with Gasteiger partial charge in [0.15, 0.2) is 5.13 Å². The second-order valence-corrected chi connectivity index (χ2v) is 5.91.